The minimum atomic E-state index is 0. The lowest BCUT2D eigenvalue weighted by Crippen LogP contribution is -2.24. The average molecular weight is 256 g/mol. The van der Waals surface area contributed by atoms with E-state index in [9.17, 15) is 0 Å². The van der Waals surface area contributed by atoms with Crippen molar-refractivity contribution in [2.24, 2.45) is 7.05 Å². The Morgan fingerprint density at radius 3 is 2.94 bits per heavy atom. The van der Waals surface area contributed by atoms with Crippen LogP contribution < -0.4 is 5.32 Å². The van der Waals surface area contributed by atoms with Crippen LogP contribution in [0.2, 0.25) is 0 Å². The van der Waals surface area contributed by atoms with Crippen LogP contribution in [-0.2, 0) is 20.0 Å². The molecule has 0 bridgehead atoms. The van der Waals surface area contributed by atoms with Gasteiger partial charge in [-0.1, -0.05) is 5.16 Å². The zero-order chi connectivity index (χ0) is 11.1. The molecule has 0 spiro atoms. The normalized spacial score (nSPS) is 14.2. The summed E-state index contributed by atoms with van der Waals surface area (Å²) in [5.74, 6) is 1.15. The van der Waals surface area contributed by atoms with E-state index in [0.717, 1.165) is 25.2 Å². The van der Waals surface area contributed by atoms with E-state index < -0.39 is 0 Å². The Morgan fingerprint density at radius 1 is 1.41 bits per heavy atom. The highest BCUT2D eigenvalue weighted by Crippen LogP contribution is 2.25. The fourth-order valence-corrected chi connectivity index (χ4v) is 2.09. The Hall–Kier alpha value is -1.40. The van der Waals surface area contributed by atoms with E-state index >= 15 is 0 Å². The number of aryl methyl sites for hydroxylation is 2. The molecule has 3 heterocycles. The first-order chi connectivity index (χ1) is 7.75. The van der Waals surface area contributed by atoms with E-state index in [1.807, 2.05) is 11.7 Å². The monoisotopic (exact) mass is 255 g/mol. The van der Waals surface area contributed by atoms with E-state index in [1.54, 1.807) is 6.92 Å². The maximum atomic E-state index is 5.17. The van der Waals surface area contributed by atoms with Crippen molar-refractivity contribution in [3.05, 3.63) is 17.1 Å². The van der Waals surface area contributed by atoms with Crippen LogP contribution in [0.1, 0.15) is 17.1 Å². The molecule has 1 aliphatic heterocycles. The molecule has 0 atom stereocenters. The standard InChI is InChI=1S/C10H13N5O.ClH/c1-6-12-10(16-14-6)9-7-5-11-4-3-8(7)15(2)13-9;/h11H,3-5H2,1-2H3;1H. The van der Waals surface area contributed by atoms with Crippen LogP contribution in [0.3, 0.4) is 0 Å². The van der Waals surface area contributed by atoms with Crippen molar-refractivity contribution in [2.45, 2.75) is 19.9 Å². The SMILES string of the molecule is Cc1noc(-c2nn(C)c3c2CNCC3)n1.Cl. The van der Waals surface area contributed by atoms with Crippen LogP contribution >= 0.6 is 12.4 Å². The molecule has 6 nitrogen and oxygen atoms in total. The lowest BCUT2D eigenvalue weighted by Gasteiger charge is -2.13. The van der Waals surface area contributed by atoms with Crippen molar-refractivity contribution >= 4 is 12.4 Å². The van der Waals surface area contributed by atoms with Gasteiger partial charge in [-0.3, -0.25) is 4.68 Å². The number of rotatable bonds is 1. The van der Waals surface area contributed by atoms with Gasteiger partial charge in [0.1, 0.15) is 0 Å². The van der Waals surface area contributed by atoms with Gasteiger partial charge in [-0.2, -0.15) is 10.1 Å². The Morgan fingerprint density at radius 2 is 2.24 bits per heavy atom. The van der Waals surface area contributed by atoms with E-state index in [1.165, 1.54) is 11.3 Å². The minimum Gasteiger partial charge on any atom is -0.332 e. The summed E-state index contributed by atoms with van der Waals surface area (Å²) in [7, 11) is 1.96. The summed E-state index contributed by atoms with van der Waals surface area (Å²) in [4.78, 5) is 4.22. The van der Waals surface area contributed by atoms with E-state index in [4.69, 9.17) is 4.52 Å². The van der Waals surface area contributed by atoms with Gasteiger partial charge < -0.3 is 9.84 Å². The van der Waals surface area contributed by atoms with Gasteiger partial charge in [0, 0.05) is 37.8 Å². The third kappa shape index (κ3) is 1.94. The van der Waals surface area contributed by atoms with Crippen LogP contribution in [0.25, 0.3) is 11.6 Å². The van der Waals surface area contributed by atoms with E-state index in [0.29, 0.717) is 11.7 Å². The molecule has 0 fully saturated rings. The van der Waals surface area contributed by atoms with Gasteiger partial charge in [0.2, 0.25) is 0 Å². The molecular weight excluding hydrogens is 242 g/mol. The lowest BCUT2D eigenvalue weighted by molar-refractivity contribution is 0.423. The molecular formula is C10H14ClN5O. The number of halogens is 1. The first-order valence-corrected chi connectivity index (χ1v) is 5.32. The van der Waals surface area contributed by atoms with Crippen LogP contribution in [0.15, 0.2) is 4.52 Å². The average Bonchev–Trinajstić information content (AvgIpc) is 2.84. The van der Waals surface area contributed by atoms with Crippen LogP contribution in [-0.4, -0.2) is 26.5 Å². The highest BCUT2D eigenvalue weighted by atomic mass is 35.5. The van der Waals surface area contributed by atoms with Gasteiger partial charge in [0.25, 0.3) is 5.89 Å². The van der Waals surface area contributed by atoms with Gasteiger partial charge in [0.05, 0.1) is 0 Å². The Labute approximate surface area is 105 Å². The summed E-state index contributed by atoms with van der Waals surface area (Å²) in [6.07, 6.45) is 0.992. The Kier molecular flexibility index (Phi) is 3.17. The van der Waals surface area contributed by atoms with Gasteiger partial charge >= 0.3 is 0 Å². The van der Waals surface area contributed by atoms with Gasteiger partial charge in [-0.15, -0.1) is 12.4 Å². The summed E-state index contributed by atoms with van der Waals surface area (Å²) in [6.45, 7) is 3.62. The molecule has 0 aliphatic carbocycles. The van der Waals surface area contributed by atoms with Crippen LogP contribution in [0.4, 0.5) is 0 Å². The largest absolute Gasteiger partial charge is 0.332 e. The van der Waals surface area contributed by atoms with Crippen molar-refractivity contribution in [1.82, 2.24) is 25.2 Å². The number of nitrogens with zero attached hydrogens (tertiary/aromatic N) is 4. The number of hydrogen-bond donors (Lipinski definition) is 1. The first-order valence-electron chi connectivity index (χ1n) is 5.32. The summed E-state index contributed by atoms with van der Waals surface area (Å²) in [5.41, 5.74) is 3.24. The molecule has 0 saturated carbocycles. The zero-order valence-electron chi connectivity index (χ0n) is 9.73. The molecule has 17 heavy (non-hydrogen) atoms. The topological polar surface area (TPSA) is 68.8 Å². The van der Waals surface area contributed by atoms with Crippen molar-refractivity contribution in [1.29, 1.82) is 0 Å². The molecule has 0 radical (unpaired) electrons. The van der Waals surface area contributed by atoms with Crippen molar-refractivity contribution in [3.63, 3.8) is 0 Å². The smallest absolute Gasteiger partial charge is 0.278 e. The number of nitrogens with one attached hydrogen (secondary N) is 1. The summed E-state index contributed by atoms with van der Waals surface area (Å²) < 4.78 is 7.07. The number of hydrogen-bond acceptors (Lipinski definition) is 5. The molecule has 0 amide bonds. The van der Waals surface area contributed by atoms with Crippen LogP contribution in [0.5, 0.6) is 0 Å². The summed E-state index contributed by atoms with van der Waals surface area (Å²) in [5, 5.41) is 11.6. The van der Waals surface area contributed by atoms with Crippen molar-refractivity contribution in [2.75, 3.05) is 6.54 Å². The van der Waals surface area contributed by atoms with Crippen LogP contribution in [0, 0.1) is 6.92 Å². The van der Waals surface area contributed by atoms with Crippen molar-refractivity contribution < 1.29 is 4.52 Å². The van der Waals surface area contributed by atoms with Gasteiger partial charge in [0.15, 0.2) is 11.5 Å². The Bertz CT molecular complexity index is 533. The van der Waals surface area contributed by atoms with Gasteiger partial charge in [-0.25, -0.2) is 0 Å². The molecule has 1 aliphatic rings. The second kappa shape index (κ2) is 4.46. The maximum Gasteiger partial charge on any atom is 0.278 e. The zero-order valence-corrected chi connectivity index (χ0v) is 10.5. The third-order valence-electron chi connectivity index (χ3n) is 2.85. The fourth-order valence-electron chi connectivity index (χ4n) is 2.09. The van der Waals surface area contributed by atoms with Crippen molar-refractivity contribution in [3.8, 4) is 11.6 Å². The molecule has 3 rings (SSSR count). The van der Waals surface area contributed by atoms with Gasteiger partial charge in [-0.05, 0) is 6.92 Å². The maximum absolute atomic E-state index is 5.17. The highest BCUT2D eigenvalue weighted by molar-refractivity contribution is 5.85. The lowest BCUT2D eigenvalue weighted by atomic mass is 10.1. The molecule has 0 saturated heterocycles. The molecule has 1 N–H and O–H groups in total. The molecule has 0 unspecified atom stereocenters. The number of fused-ring (bicyclic) bond motifs is 1. The summed E-state index contributed by atoms with van der Waals surface area (Å²) >= 11 is 0. The quantitative estimate of drug-likeness (QED) is 0.818. The first kappa shape index (κ1) is 12.1. The highest BCUT2D eigenvalue weighted by Gasteiger charge is 2.23. The molecule has 0 aromatic carbocycles. The molecule has 7 heteroatoms. The number of aromatic nitrogens is 4. The molecule has 2 aromatic heterocycles. The fraction of sp³-hybridized carbons (Fsp3) is 0.500. The molecule has 92 valence electrons. The second-order valence-corrected chi connectivity index (χ2v) is 3.97. The predicted octanol–water partition coefficient (Wildman–Crippen LogP) is 0.846. The Balaban J connectivity index is 0.00000108. The third-order valence-corrected chi connectivity index (χ3v) is 2.85. The second-order valence-electron chi connectivity index (χ2n) is 3.97. The molecule has 2 aromatic rings. The minimum absolute atomic E-state index is 0. The summed E-state index contributed by atoms with van der Waals surface area (Å²) in [6, 6.07) is 0. The van der Waals surface area contributed by atoms with E-state index in [2.05, 4.69) is 20.6 Å². The predicted molar refractivity (Wildman–Crippen MR) is 63.9 cm³/mol. The van der Waals surface area contributed by atoms with E-state index in [-0.39, 0.29) is 12.4 Å².